The van der Waals surface area contributed by atoms with Crippen molar-refractivity contribution in [3.05, 3.63) is 0 Å². The number of nitrogens with zero attached hydrogens (tertiary/aromatic N) is 2. The summed E-state index contributed by atoms with van der Waals surface area (Å²) in [6.07, 6.45) is 3.88. The van der Waals surface area contributed by atoms with E-state index >= 15 is 0 Å². The Balaban J connectivity index is 2.69. The Labute approximate surface area is 43.2 Å². The topological polar surface area (TPSA) is 15.4 Å². The third kappa shape index (κ3) is 0.856. The van der Waals surface area contributed by atoms with E-state index in [-0.39, 0.29) is 0 Å². The molecule has 0 radical (unpaired) electrons. The van der Waals surface area contributed by atoms with Crippen molar-refractivity contribution in [2.75, 3.05) is 7.05 Å². The van der Waals surface area contributed by atoms with Crippen LogP contribution in [0.25, 0.3) is 0 Å². The fourth-order valence-electron chi connectivity index (χ4n) is 0.628. The molecular weight excluding hydrogens is 88.1 g/mol. The molecule has 1 aliphatic heterocycles. The van der Waals surface area contributed by atoms with Gasteiger partial charge < -0.3 is 0 Å². The molecule has 2 heteroatoms. The Bertz CT molecular complexity index is 124. The minimum absolute atomic E-state index is 0.394. The fourth-order valence-corrected chi connectivity index (χ4v) is 0.628. The standard InChI is InChI=1S/C5H9N2/c1-5-3-7(2)4-6-5/h3-5H,1-2H3/q+1/t5-/m0/s1. The van der Waals surface area contributed by atoms with Gasteiger partial charge in [-0.15, -0.1) is 0 Å². The lowest BCUT2D eigenvalue weighted by Crippen LogP contribution is -2.01. The van der Waals surface area contributed by atoms with Gasteiger partial charge in [-0.3, -0.25) is 0 Å². The van der Waals surface area contributed by atoms with Crippen LogP contribution in [0.3, 0.4) is 0 Å². The van der Waals surface area contributed by atoms with E-state index in [9.17, 15) is 0 Å². The molecule has 1 atom stereocenters. The zero-order chi connectivity index (χ0) is 5.28. The molecule has 0 aromatic rings. The van der Waals surface area contributed by atoms with Crippen molar-refractivity contribution in [3.63, 3.8) is 0 Å². The van der Waals surface area contributed by atoms with Crippen molar-refractivity contribution >= 4 is 12.6 Å². The predicted molar refractivity (Wildman–Crippen MR) is 30.2 cm³/mol. The van der Waals surface area contributed by atoms with Gasteiger partial charge >= 0.3 is 0 Å². The van der Waals surface area contributed by atoms with Crippen molar-refractivity contribution < 1.29 is 4.58 Å². The SMILES string of the molecule is C[C@H]1C=[N+](C)C=N1. The minimum Gasteiger partial charge on any atom is -0.240 e. The number of rotatable bonds is 0. The van der Waals surface area contributed by atoms with Gasteiger partial charge in [0.15, 0.2) is 6.04 Å². The van der Waals surface area contributed by atoms with Gasteiger partial charge in [-0.05, 0) is 6.92 Å². The van der Waals surface area contributed by atoms with Gasteiger partial charge in [-0.25, -0.2) is 4.58 Å². The largest absolute Gasteiger partial charge is 0.280 e. The molecule has 0 aromatic carbocycles. The van der Waals surface area contributed by atoms with Gasteiger partial charge in [0.2, 0.25) is 0 Å². The molecule has 0 bridgehead atoms. The van der Waals surface area contributed by atoms with Crippen LogP contribution in [0, 0.1) is 0 Å². The summed E-state index contributed by atoms with van der Waals surface area (Å²) in [5.41, 5.74) is 0. The van der Waals surface area contributed by atoms with E-state index in [1.807, 2.05) is 18.0 Å². The molecule has 1 aliphatic rings. The second kappa shape index (κ2) is 1.45. The zero-order valence-corrected chi connectivity index (χ0v) is 4.63. The molecule has 0 fully saturated rings. The van der Waals surface area contributed by atoms with Gasteiger partial charge in [0, 0.05) is 0 Å². The monoisotopic (exact) mass is 97.1 g/mol. The summed E-state index contributed by atoms with van der Waals surface area (Å²) in [5, 5.41) is 0. The average Bonchev–Trinajstić information content (AvgIpc) is 1.87. The minimum atomic E-state index is 0.394. The van der Waals surface area contributed by atoms with E-state index in [0.717, 1.165) is 0 Å². The first-order chi connectivity index (χ1) is 3.29. The number of hydrogen-bond acceptors (Lipinski definition) is 1. The highest BCUT2D eigenvalue weighted by atomic mass is 15.1. The van der Waals surface area contributed by atoms with E-state index in [0.29, 0.717) is 6.04 Å². The first kappa shape index (κ1) is 4.50. The fraction of sp³-hybridized carbons (Fsp3) is 0.600. The lowest BCUT2D eigenvalue weighted by atomic mass is 10.4. The highest BCUT2D eigenvalue weighted by molar-refractivity contribution is 5.70. The van der Waals surface area contributed by atoms with Crippen molar-refractivity contribution in [1.29, 1.82) is 0 Å². The van der Waals surface area contributed by atoms with Crippen LogP contribution in [0.5, 0.6) is 0 Å². The first-order valence-corrected chi connectivity index (χ1v) is 2.39. The molecule has 1 rings (SSSR count). The van der Waals surface area contributed by atoms with E-state index in [1.54, 1.807) is 0 Å². The lowest BCUT2D eigenvalue weighted by molar-refractivity contribution is -0.351. The Morgan fingerprint density at radius 3 is 2.57 bits per heavy atom. The molecule has 0 aliphatic carbocycles. The summed E-state index contributed by atoms with van der Waals surface area (Å²) >= 11 is 0. The first-order valence-electron chi connectivity index (χ1n) is 2.39. The summed E-state index contributed by atoms with van der Waals surface area (Å²) < 4.78 is 1.96. The second-order valence-corrected chi connectivity index (χ2v) is 1.82. The third-order valence-electron chi connectivity index (χ3n) is 0.935. The molecule has 0 aromatic heterocycles. The van der Waals surface area contributed by atoms with Crippen LogP contribution < -0.4 is 0 Å². The molecule has 38 valence electrons. The van der Waals surface area contributed by atoms with Gasteiger partial charge in [0.25, 0.3) is 6.34 Å². The smallest absolute Gasteiger partial charge is 0.240 e. The van der Waals surface area contributed by atoms with Crippen LogP contribution in [0.2, 0.25) is 0 Å². The van der Waals surface area contributed by atoms with Crippen LogP contribution in [-0.2, 0) is 0 Å². The molecule has 1 heterocycles. The maximum Gasteiger partial charge on any atom is 0.280 e. The van der Waals surface area contributed by atoms with Crippen molar-refractivity contribution in [2.24, 2.45) is 4.99 Å². The van der Waals surface area contributed by atoms with Crippen molar-refractivity contribution in [3.8, 4) is 0 Å². The molecule has 2 nitrogen and oxygen atoms in total. The van der Waals surface area contributed by atoms with Gasteiger partial charge in [-0.2, -0.15) is 0 Å². The summed E-state index contributed by atoms with van der Waals surface area (Å²) in [5.74, 6) is 0. The Morgan fingerprint density at radius 1 is 1.71 bits per heavy atom. The van der Waals surface area contributed by atoms with Gasteiger partial charge in [0.05, 0.1) is 7.05 Å². The molecule has 0 saturated carbocycles. The molecule has 0 amide bonds. The van der Waals surface area contributed by atoms with Gasteiger partial charge in [0.1, 0.15) is 6.21 Å². The average molecular weight is 97.1 g/mol. The highest BCUT2D eigenvalue weighted by Gasteiger charge is 2.08. The highest BCUT2D eigenvalue weighted by Crippen LogP contribution is 1.87. The Kier molecular flexibility index (Phi) is 0.929. The molecule has 0 saturated heterocycles. The Morgan fingerprint density at radius 2 is 2.43 bits per heavy atom. The normalized spacial score (nSPS) is 28.3. The number of hydrogen-bond donors (Lipinski definition) is 0. The lowest BCUT2D eigenvalue weighted by Gasteiger charge is -1.76. The van der Waals surface area contributed by atoms with E-state index in [1.165, 1.54) is 0 Å². The molecule has 0 unspecified atom stereocenters. The van der Waals surface area contributed by atoms with Crippen LogP contribution in [0.15, 0.2) is 4.99 Å². The van der Waals surface area contributed by atoms with E-state index in [4.69, 9.17) is 0 Å². The summed E-state index contributed by atoms with van der Waals surface area (Å²) in [6, 6.07) is 0.394. The van der Waals surface area contributed by atoms with E-state index in [2.05, 4.69) is 18.1 Å². The summed E-state index contributed by atoms with van der Waals surface area (Å²) in [6.45, 7) is 2.06. The van der Waals surface area contributed by atoms with E-state index < -0.39 is 0 Å². The zero-order valence-electron chi connectivity index (χ0n) is 4.63. The molecule has 7 heavy (non-hydrogen) atoms. The van der Waals surface area contributed by atoms with Crippen LogP contribution in [0.4, 0.5) is 0 Å². The van der Waals surface area contributed by atoms with Crippen LogP contribution in [-0.4, -0.2) is 30.2 Å². The summed E-state index contributed by atoms with van der Waals surface area (Å²) in [4.78, 5) is 4.06. The second-order valence-electron chi connectivity index (χ2n) is 1.82. The van der Waals surface area contributed by atoms with Crippen molar-refractivity contribution in [1.82, 2.24) is 0 Å². The van der Waals surface area contributed by atoms with Crippen LogP contribution >= 0.6 is 0 Å². The molecule has 0 spiro atoms. The van der Waals surface area contributed by atoms with Crippen molar-refractivity contribution in [2.45, 2.75) is 13.0 Å². The Hall–Kier alpha value is -0.660. The number of aliphatic imine (C=N–C) groups is 1. The molecule has 0 N–H and O–H groups in total. The maximum atomic E-state index is 4.06. The maximum absolute atomic E-state index is 4.06. The van der Waals surface area contributed by atoms with Gasteiger partial charge in [-0.1, -0.05) is 4.99 Å². The quantitative estimate of drug-likeness (QED) is 0.382. The molecular formula is C5H9N2+. The van der Waals surface area contributed by atoms with Crippen LogP contribution in [0.1, 0.15) is 6.92 Å². The third-order valence-corrected chi connectivity index (χ3v) is 0.935. The summed E-state index contributed by atoms with van der Waals surface area (Å²) in [7, 11) is 1.98. The predicted octanol–water partition coefficient (Wildman–Crippen LogP) is 0.130.